The van der Waals surface area contributed by atoms with Crippen molar-refractivity contribution in [3.63, 3.8) is 0 Å². The lowest BCUT2D eigenvalue weighted by Crippen LogP contribution is -2.40. The highest BCUT2D eigenvalue weighted by Crippen LogP contribution is 2.37. The molecule has 4 rings (SSSR count). The number of imide groups is 1. The molecule has 8 heteroatoms. The molecule has 0 unspecified atom stereocenters. The number of benzene rings is 1. The standard InChI is InChI=1S/C21H27N3O5/c1-28-17-11-14-10-16-20(26)23(9-5-6-19(25)22-7-3-4-8-22)21(27)24(16)13-15(14)12-18(17)29-2/h11-12,16H,3-10,13H2,1-2H3/t16-/m0/s1. The van der Waals surface area contributed by atoms with Gasteiger partial charge in [-0.1, -0.05) is 0 Å². The highest BCUT2D eigenvalue weighted by Gasteiger charge is 2.47. The Morgan fingerprint density at radius 1 is 1.07 bits per heavy atom. The number of hydrogen-bond donors (Lipinski definition) is 0. The van der Waals surface area contributed by atoms with Crippen LogP contribution in [0.3, 0.4) is 0 Å². The van der Waals surface area contributed by atoms with Crippen LogP contribution in [-0.4, -0.2) is 72.4 Å². The molecule has 8 nitrogen and oxygen atoms in total. The van der Waals surface area contributed by atoms with Gasteiger partial charge >= 0.3 is 6.03 Å². The zero-order valence-corrected chi connectivity index (χ0v) is 17.0. The molecule has 29 heavy (non-hydrogen) atoms. The maximum atomic E-state index is 12.9. The number of likely N-dealkylation sites (tertiary alicyclic amines) is 1. The van der Waals surface area contributed by atoms with Crippen molar-refractivity contribution in [2.45, 2.75) is 44.7 Å². The Labute approximate surface area is 170 Å². The van der Waals surface area contributed by atoms with Crippen molar-refractivity contribution in [1.29, 1.82) is 0 Å². The number of amides is 4. The third-order valence-corrected chi connectivity index (χ3v) is 6.09. The molecule has 2 fully saturated rings. The van der Waals surface area contributed by atoms with Gasteiger partial charge in [-0.3, -0.25) is 14.5 Å². The van der Waals surface area contributed by atoms with Crippen molar-refractivity contribution in [2.24, 2.45) is 0 Å². The molecular weight excluding hydrogens is 374 g/mol. The molecule has 1 atom stereocenters. The summed E-state index contributed by atoms with van der Waals surface area (Å²) in [5, 5.41) is 0. The Kier molecular flexibility index (Phi) is 5.34. The van der Waals surface area contributed by atoms with E-state index in [0.29, 0.717) is 37.3 Å². The monoisotopic (exact) mass is 401 g/mol. The summed E-state index contributed by atoms with van der Waals surface area (Å²) in [5.74, 6) is 1.17. The fraction of sp³-hybridized carbons (Fsp3) is 0.571. The van der Waals surface area contributed by atoms with E-state index < -0.39 is 6.04 Å². The fourth-order valence-electron chi connectivity index (χ4n) is 4.48. The van der Waals surface area contributed by atoms with Gasteiger partial charge < -0.3 is 19.3 Å². The Morgan fingerprint density at radius 3 is 2.38 bits per heavy atom. The van der Waals surface area contributed by atoms with Crippen LogP contribution in [0.25, 0.3) is 0 Å². The maximum absolute atomic E-state index is 12.9. The van der Waals surface area contributed by atoms with E-state index in [1.165, 1.54) is 4.90 Å². The van der Waals surface area contributed by atoms with Gasteiger partial charge in [0, 0.05) is 39.0 Å². The minimum Gasteiger partial charge on any atom is -0.493 e. The quantitative estimate of drug-likeness (QED) is 0.679. The van der Waals surface area contributed by atoms with E-state index in [9.17, 15) is 14.4 Å². The first kappa shape index (κ1) is 19.5. The molecule has 3 aliphatic heterocycles. The Morgan fingerprint density at radius 2 is 1.72 bits per heavy atom. The highest BCUT2D eigenvalue weighted by atomic mass is 16.5. The van der Waals surface area contributed by atoms with Gasteiger partial charge in [0.1, 0.15) is 6.04 Å². The molecule has 0 radical (unpaired) electrons. The van der Waals surface area contributed by atoms with E-state index in [2.05, 4.69) is 0 Å². The van der Waals surface area contributed by atoms with Crippen molar-refractivity contribution in [2.75, 3.05) is 33.9 Å². The molecular formula is C21H27N3O5. The summed E-state index contributed by atoms with van der Waals surface area (Å²) in [6, 6.07) is 3.01. The number of nitrogens with zero attached hydrogens (tertiary/aromatic N) is 3. The molecule has 156 valence electrons. The number of carbonyl (C=O) groups excluding carboxylic acids is 3. The van der Waals surface area contributed by atoms with Gasteiger partial charge in [-0.25, -0.2) is 4.79 Å². The first-order chi connectivity index (χ1) is 14.0. The third-order valence-electron chi connectivity index (χ3n) is 6.09. The van der Waals surface area contributed by atoms with Crippen molar-refractivity contribution >= 4 is 17.8 Å². The second-order valence-electron chi connectivity index (χ2n) is 7.79. The van der Waals surface area contributed by atoms with Crippen LogP contribution >= 0.6 is 0 Å². The smallest absolute Gasteiger partial charge is 0.327 e. The number of rotatable bonds is 6. The van der Waals surface area contributed by atoms with Gasteiger partial charge in [-0.2, -0.15) is 0 Å². The van der Waals surface area contributed by atoms with Crippen LogP contribution in [0.2, 0.25) is 0 Å². The second-order valence-corrected chi connectivity index (χ2v) is 7.79. The van der Waals surface area contributed by atoms with Crippen LogP contribution in [0.4, 0.5) is 4.79 Å². The first-order valence-electron chi connectivity index (χ1n) is 10.2. The highest BCUT2D eigenvalue weighted by molar-refractivity contribution is 6.04. The van der Waals surface area contributed by atoms with Gasteiger partial charge in [0.25, 0.3) is 5.91 Å². The summed E-state index contributed by atoms with van der Waals surface area (Å²) in [6.07, 6.45) is 3.45. The van der Waals surface area contributed by atoms with Gasteiger partial charge in [0.05, 0.1) is 14.2 Å². The first-order valence-corrected chi connectivity index (χ1v) is 10.2. The van der Waals surface area contributed by atoms with Crippen LogP contribution in [0, 0.1) is 0 Å². The summed E-state index contributed by atoms with van der Waals surface area (Å²) in [6.45, 7) is 2.30. The van der Waals surface area contributed by atoms with Gasteiger partial charge in [-0.15, -0.1) is 0 Å². The van der Waals surface area contributed by atoms with E-state index >= 15 is 0 Å². The SMILES string of the molecule is COc1cc2c(cc1OC)CN1C(=O)N(CCCC(=O)N3CCCC3)C(=O)[C@@H]1C2. The van der Waals surface area contributed by atoms with E-state index in [-0.39, 0.29) is 24.4 Å². The third kappa shape index (κ3) is 3.52. The second kappa shape index (κ2) is 7.93. The topological polar surface area (TPSA) is 79.4 Å². The van der Waals surface area contributed by atoms with Crippen LogP contribution in [0.15, 0.2) is 12.1 Å². The molecule has 3 aliphatic rings. The molecule has 0 aromatic heterocycles. The van der Waals surface area contributed by atoms with Crippen molar-refractivity contribution in [3.8, 4) is 11.5 Å². The molecule has 1 aromatic rings. The predicted octanol–water partition coefficient (Wildman–Crippen LogP) is 1.80. The summed E-state index contributed by atoms with van der Waals surface area (Å²) in [7, 11) is 3.15. The Bertz CT molecular complexity index is 783. The Hall–Kier alpha value is -2.77. The van der Waals surface area contributed by atoms with Gasteiger partial charge in [0.2, 0.25) is 5.91 Å². The van der Waals surface area contributed by atoms with Gasteiger partial charge in [-0.05, 0) is 42.5 Å². The zero-order chi connectivity index (χ0) is 20.5. The van der Waals surface area contributed by atoms with Crippen LogP contribution in [0.5, 0.6) is 11.5 Å². The lowest BCUT2D eigenvalue weighted by Gasteiger charge is -2.29. The summed E-state index contributed by atoms with van der Waals surface area (Å²) >= 11 is 0. The van der Waals surface area contributed by atoms with Crippen LogP contribution in [-0.2, 0) is 22.6 Å². The number of fused-ring (bicyclic) bond motifs is 2. The molecule has 0 spiro atoms. The molecule has 0 bridgehead atoms. The minimum absolute atomic E-state index is 0.117. The van der Waals surface area contributed by atoms with Crippen molar-refractivity contribution in [3.05, 3.63) is 23.3 Å². The van der Waals surface area contributed by atoms with E-state index in [1.54, 1.807) is 19.1 Å². The number of carbonyl (C=O) groups is 3. The number of methoxy groups -OCH3 is 2. The maximum Gasteiger partial charge on any atom is 0.327 e. The Balaban J connectivity index is 1.42. The lowest BCUT2D eigenvalue weighted by molar-refractivity contribution is -0.131. The number of hydrogen-bond acceptors (Lipinski definition) is 5. The molecule has 0 N–H and O–H groups in total. The van der Waals surface area contributed by atoms with Crippen molar-refractivity contribution in [1.82, 2.24) is 14.7 Å². The fourth-order valence-corrected chi connectivity index (χ4v) is 4.48. The van der Waals surface area contributed by atoms with Crippen molar-refractivity contribution < 1.29 is 23.9 Å². The summed E-state index contributed by atoms with van der Waals surface area (Å²) in [5.41, 5.74) is 1.96. The summed E-state index contributed by atoms with van der Waals surface area (Å²) < 4.78 is 10.7. The van der Waals surface area contributed by atoms with E-state index in [1.807, 2.05) is 17.0 Å². The molecule has 4 amide bonds. The molecule has 0 saturated carbocycles. The van der Waals surface area contributed by atoms with E-state index in [4.69, 9.17) is 9.47 Å². The lowest BCUT2D eigenvalue weighted by atomic mass is 9.94. The molecule has 1 aromatic carbocycles. The predicted molar refractivity (Wildman–Crippen MR) is 105 cm³/mol. The van der Waals surface area contributed by atoms with Crippen LogP contribution < -0.4 is 9.47 Å². The van der Waals surface area contributed by atoms with Gasteiger partial charge in [0.15, 0.2) is 11.5 Å². The normalized spacial score (nSPS) is 20.8. The molecule has 2 saturated heterocycles. The minimum atomic E-state index is -0.484. The van der Waals surface area contributed by atoms with Crippen LogP contribution in [0.1, 0.15) is 36.8 Å². The molecule has 0 aliphatic carbocycles. The largest absolute Gasteiger partial charge is 0.493 e. The average Bonchev–Trinajstić information content (AvgIpc) is 3.35. The summed E-state index contributed by atoms with van der Waals surface area (Å²) in [4.78, 5) is 42.7. The number of ether oxygens (including phenoxy) is 2. The van der Waals surface area contributed by atoms with E-state index in [0.717, 1.165) is 37.1 Å². The average molecular weight is 401 g/mol. The number of urea groups is 1. The molecule has 3 heterocycles. The zero-order valence-electron chi connectivity index (χ0n) is 17.0.